The van der Waals surface area contributed by atoms with E-state index in [9.17, 15) is 19.1 Å². The van der Waals surface area contributed by atoms with Gasteiger partial charge in [-0.05, 0) is 44.5 Å². The fourth-order valence-corrected chi connectivity index (χ4v) is 2.82. The summed E-state index contributed by atoms with van der Waals surface area (Å²) in [4.78, 5) is 23.8. The summed E-state index contributed by atoms with van der Waals surface area (Å²) in [6.07, 6.45) is 0.0460. The summed E-state index contributed by atoms with van der Waals surface area (Å²) in [5.74, 6) is -2.43. The highest BCUT2D eigenvalue weighted by Gasteiger charge is 2.24. The molecule has 2 rings (SSSR count). The molecular formula is C18H22FN3O4. The van der Waals surface area contributed by atoms with Gasteiger partial charge in [-0.1, -0.05) is 6.07 Å². The van der Waals surface area contributed by atoms with Crippen LogP contribution in [0.3, 0.4) is 0 Å². The molecule has 7 nitrogen and oxygen atoms in total. The molecule has 1 aromatic heterocycles. The van der Waals surface area contributed by atoms with E-state index in [1.807, 2.05) is 26.8 Å². The molecule has 0 saturated heterocycles. The first-order valence-corrected chi connectivity index (χ1v) is 8.11. The number of aromatic nitrogens is 2. The molecule has 0 aliphatic rings. The summed E-state index contributed by atoms with van der Waals surface area (Å²) < 4.78 is 20.4. The summed E-state index contributed by atoms with van der Waals surface area (Å²) in [5, 5.41) is 16.2. The molecule has 0 aliphatic carbocycles. The van der Waals surface area contributed by atoms with Gasteiger partial charge >= 0.3 is 5.97 Å². The Bertz CT molecular complexity index is 819. The second-order valence-corrected chi connectivity index (χ2v) is 6.16. The lowest BCUT2D eigenvalue weighted by atomic mass is 10.1. The Morgan fingerprint density at radius 2 is 2.04 bits per heavy atom. The number of amides is 1. The quantitative estimate of drug-likeness (QED) is 0.788. The van der Waals surface area contributed by atoms with Gasteiger partial charge in [-0.2, -0.15) is 5.10 Å². The van der Waals surface area contributed by atoms with Crippen molar-refractivity contribution in [2.45, 2.75) is 39.3 Å². The SMILES string of the molecule is COc1ccc(C(NC(=O)CC(C)n2nc(C)cc2C)C(=O)O)cc1F. The number of hydrogen-bond acceptors (Lipinski definition) is 4. The number of nitrogens with one attached hydrogen (secondary N) is 1. The number of carbonyl (C=O) groups is 2. The number of carbonyl (C=O) groups excluding carboxylic acids is 1. The van der Waals surface area contributed by atoms with Gasteiger partial charge in [0.05, 0.1) is 18.8 Å². The minimum Gasteiger partial charge on any atom is -0.494 e. The second-order valence-electron chi connectivity index (χ2n) is 6.16. The van der Waals surface area contributed by atoms with Crippen LogP contribution in [0.5, 0.6) is 5.75 Å². The van der Waals surface area contributed by atoms with E-state index in [1.54, 1.807) is 4.68 Å². The number of ether oxygens (including phenoxy) is 1. The minimum absolute atomic E-state index is 0.00219. The molecule has 1 heterocycles. The van der Waals surface area contributed by atoms with Crippen LogP contribution in [0, 0.1) is 19.7 Å². The predicted octanol–water partition coefficient (Wildman–Crippen LogP) is 2.54. The first-order chi connectivity index (χ1) is 12.2. The lowest BCUT2D eigenvalue weighted by molar-refractivity contribution is -0.142. The molecule has 2 aromatic rings. The van der Waals surface area contributed by atoms with E-state index < -0.39 is 23.7 Å². The Hall–Kier alpha value is -2.90. The Morgan fingerprint density at radius 3 is 2.54 bits per heavy atom. The zero-order valence-corrected chi connectivity index (χ0v) is 15.1. The van der Waals surface area contributed by atoms with Crippen LogP contribution >= 0.6 is 0 Å². The number of halogens is 1. The van der Waals surface area contributed by atoms with Crippen molar-refractivity contribution in [1.29, 1.82) is 0 Å². The molecular weight excluding hydrogens is 341 g/mol. The number of aliphatic carboxylic acids is 1. The molecule has 0 saturated carbocycles. The number of nitrogens with zero attached hydrogens (tertiary/aromatic N) is 2. The number of rotatable bonds is 7. The zero-order valence-electron chi connectivity index (χ0n) is 15.1. The third-order valence-corrected chi connectivity index (χ3v) is 4.00. The van der Waals surface area contributed by atoms with E-state index in [1.165, 1.54) is 19.2 Å². The van der Waals surface area contributed by atoms with Gasteiger partial charge in [-0.3, -0.25) is 9.48 Å². The molecule has 8 heteroatoms. The van der Waals surface area contributed by atoms with E-state index in [2.05, 4.69) is 10.4 Å². The first-order valence-electron chi connectivity index (χ1n) is 8.11. The Morgan fingerprint density at radius 1 is 1.35 bits per heavy atom. The van der Waals surface area contributed by atoms with Crippen molar-refractivity contribution >= 4 is 11.9 Å². The molecule has 26 heavy (non-hydrogen) atoms. The molecule has 0 bridgehead atoms. The summed E-state index contributed by atoms with van der Waals surface area (Å²) in [6, 6.07) is 4.08. The van der Waals surface area contributed by atoms with Gasteiger partial charge in [0.15, 0.2) is 17.6 Å². The van der Waals surface area contributed by atoms with Crippen LogP contribution in [0.15, 0.2) is 24.3 Å². The molecule has 2 atom stereocenters. The van der Waals surface area contributed by atoms with Gasteiger partial charge in [0.25, 0.3) is 0 Å². The van der Waals surface area contributed by atoms with E-state index in [-0.39, 0.29) is 23.8 Å². The lowest BCUT2D eigenvalue weighted by Crippen LogP contribution is -2.35. The molecule has 0 aliphatic heterocycles. The maximum atomic E-state index is 13.8. The van der Waals surface area contributed by atoms with Gasteiger partial charge in [0.1, 0.15) is 0 Å². The predicted molar refractivity (Wildman–Crippen MR) is 92.5 cm³/mol. The topological polar surface area (TPSA) is 93.5 Å². The summed E-state index contributed by atoms with van der Waals surface area (Å²) in [6.45, 7) is 5.56. The molecule has 1 amide bonds. The molecule has 0 radical (unpaired) electrons. The Labute approximate surface area is 150 Å². The van der Waals surface area contributed by atoms with E-state index in [4.69, 9.17) is 4.74 Å². The van der Waals surface area contributed by atoms with Crippen molar-refractivity contribution in [3.05, 3.63) is 47.0 Å². The standard InChI is InChI=1S/C18H22FN3O4/c1-10-7-11(2)22(21-10)12(3)8-16(23)20-17(18(24)25)13-5-6-15(26-4)14(19)9-13/h5-7,9,12,17H,8H2,1-4H3,(H,20,23)(H,24,25). The number of hydrogen-bond donors (Lipinski definition) is 2. The van der Waals surface area contributed by atoms with E-state index in [0.717, 1.165) is 17.5 Å². The Balaban J connectivity index is 2.12. The highest BCUT2D eigenvalue weighted by atomic mass is 19.1. The number of aryl methyl sites for hydroxylation is 2. The highest BCUT2D eigenvalue weighted by Crippen LogP contribution is 2.23. The van der Waals surface area contributed by atoms with Gasteiger partial charge in [0, 0.05) is 12.1 Å². The van der Waals surface area contributed by atoms with E-state index >= 15 is 0 Å². The lowest BCUT2D eigenvalue weighted by Gasteiger charge is -2.18. The number of carboxylic acid groups (broad SMARTS) is 1. The minimum atomic E-state index is -1.35. The zero-order chi connectivity index (χ0) is 19.4. The normalized spacial score (nSPS) is 13.1. The van der Waals surface area contributed by atoms with Crippen LogP contribution in [0.2, 0.25) is 0 Å². The van der Waals surface area contributed by atoms with Gasteiger partial charge in [-0.15, -0.1) is 0 Å². The van der Waals surface area contributed by atoms with Crippen molar-refractivity contribution < 1.29 is 23.8 Å². The van der Waals surface area contributed by atoms with Gasteiger partial charge in [-0.25, -0.2) is 9.18 Å². The fourth-order valence-electron chi connectivity index (χ4n) is 2.82. The van der Waals surface area contributed by atoms with E-state index in [0.29, 0.717) is 0 Å². The molecule has 140 valence electrons. The fraction of sp³-hybridized carbons (Fsp3) is 0.389. The summed E-state index contributed by atoms with van der Waals surface area (Å²) in [7, 11) is 1.31. The van der Waals surface area contributed by atoms with Crippen LogP contribution < -0.4 is 10.1 Å². The third kappa shape index (κ3) is 4.38. The van der Waals surface area contributed by atoms with Crippen LogP contribution in [0.25, 0.3) is 0 Å². The second kappa shape index (κ2) is 7.99. The molecule has 0 spiro atoms. The highest BCUT2D eigenvalue weighted by molar-refractivity contribution is 5.84. The number of carboxylic acids is 1. The summed E-state index contributed by atoms with van der Waals surface area (Å²) >= 11 is 0. The van der Waals surface area contributed by atoms with Crippen LogP contribution in [-0.4, -0.2) is 33.9 Å². The van der Waals surface area contributed by atoms with Crippen molar-refractivity contribution in [1.82, 2.24) is 15.1 Å². The smallest absolute Gasteiger partial charge is 0.330 e. The number of methoxy groups -OCH3 is 1. The Kier molecular flexibility index (Phi) is 5.97. The van der Waals surface area contributed by atoms with Gasteiger partial charge < -0.3 is 15.2 Å². The maximum Gasteiger partial charge on any atom is 0.330 e. The van der Waals surface area contributed by atoms with Crippen LogP contribution in [-0.2, 0) is 9.59 Å². The monoisotopic (exact) mass is 363 g/mol. The van der Waals surface area contributed by atoms with Gasteiger partial charge in [0.2, 0.25) is 5.91 Å². The molecule has 1 aromatic carbocycles. The molecule has 0 fully saturated rings. The largest absolute Gasteiger partial charge is 0.494 e. The van der Waals surface area contributed by atoms with Crippen LogP contribution in [0.4, 0.5) is 4.39 Å². The summed E-state index contributed by atoms with van der Waals surface area (Å²) in [5.41, 5.74) is 1.88. The first kappa shape index (κ1) is 19.4. The average Bonchev–Trinajstić information content (AvgIpc) is 2.90. The van der Waals surface area contributed by atoms with Crippen molar-refractivity contribution in [2.24, 2.45) is 0 Å². The van der Waals surface area contributed by atoms with Crippen molar-refractivity contribution in [3.8, 4) is 5.75 Å². The maximum absolute atomic E-state index is 13.8. The van der Waals surface area contributed by atoms with Crippen molar-refractivity contribution in [2.75, 3.05) is 7.11 Å². The van der Waals surface area contributed by atoms with Crippen LogP contribution in [0.1, 0.15) is 42.4 Å². The average molecular weight is 363 g/mol. The molecule has 2 N–H and O–H groups in total. The molecule has 2 unspecified atom stereocenters. The third-order valence-electron chi connectivity index (χ3n) is 4.00. The van der Waals surface area contributed by atoms with Crippen molar-refractivity contribution in [3.63, 3.8) is 0 Å². The number of benzene rings is 1.